The molecule has 8 nitrogen and oxygen atoms in total. The Kier molecular flexibility index (Phi) is 4.53. The highest BCUT2D eigenvalue weighted by atomic mass is 16.4. The van der Waals surface area contributed by atoms with Crippen molar-refractivity contribution in [1.82, 2.24) is 20.5 Å². The van der Waals surface area contributed by atoms with Crippen molar-refractivity contribution in [2.24, 2.45) is 11.8 Å². The highest BCUT2D eigenvalue weighted by Crippen LogP contribution is 2.39. The van der Waals surface area contributed by atoms with E-state index in [2.05, 4.69) is 29.5 Å². The number of oxazole rings is 1. The summed E-state index contributed by atoms with van der Waals surface area (Å²) in [5.41, 5.74) is -0.853. The first kappa shape index (κ1) is 17.4. The van der Waals surface area contributed by atoms with Gasteiger partial charge in [0.05, 0.1) is 12.7 Å². The molecule has 2 fully saturated rings. The molecule has 8 heteroatoms. The number of carbonyl (C=O) groups is 3. The molecule has 0 radical (unpaired) electrons. The van der Waals surface area contributed by atoms with Crippen LogP contribution < -0.4 is 10.6 Å². The van der Waals surface area contributed by atoms with E-state index in [1.54, 1.807) is 13.1 Å². The van der Waals surface area contributed by atoms with E-state index in [9.17, 15) is 14.4 Å². The molecule has 1 aliphatic carbocycles. The summed E-state index contributed by atoms with van der Waals surface area (Å²) >= 11 is 0. The first-order valence-corrected chi connectivity index (χ1v) is 8.61. The highest BCUT2D eigenvalue weighted by Gasteiger charge is 2.54. The van der Waals surface area contributed by atoms with E-state index >= 15 is 0 Å². The van der Waals surface area contributed by atoms with Crippen molar-refractivity contribution in [2.45, 2.75) is 52.1 Å². The normalized spacial score (nSPS) is 29.2. The predicted octanol–water partition coefficient (Wildman–Crippen LogP) is 1.35. The van der Waals surface area contributed by atoms with Crippen LogP contribution in [0.1, 0.15) is 44.8 Å². The van der Waals surface area contributed by atoms with Gasteiger partial charge in [0.25, 0.3) is 5.91 Å². The number of amides is 4. The zero-order valence-electron chi connectivity index (χ0n) is 14.8. The molecule has 0 unspecified atom stereocenters. The Labute approximate surface area is 146 Å². The number of rotatable bonds is 4. The lowest BCUT2D eigenvalue weighted by atomic mass is 9.71. The molecule has 0 aromatic carbocycles. The highest BCUT2D eigenvalue weighted by molar-refractivity contribution is 6.09. The lowest BCUT2D eigenvalue weighted by Gasteiger charge is -2.37. The van der Waals surface area contributed by atoms with E-state index in [4.69, 9.17) is 4.42 Å². The maximum Gasteiger partial charge on any atom is 0.325 e. The average Bonchev–Trinajstić information content (AvgIpc) is 3.01. The van der Waals surface area contributed by atoms with Crippen molar-refractivity contribution in [2.75, 3.05) is 6.54 Å². The Hall–Kier alpha value is -2.38. The van der Waals surface area contributed by atoms with Gasteiger partial charge in [-0.1, -0.05) is 13.8 Å². The van der Waals surface area contributed by atoms with Gasteiger partial charge in [-0.15, -0.1) is 0 Å². The second-order valence-corrected chi connectivity index (χ2v) is 7.40. The zero-order chi connectivity index (χ0) is 18.2. The van der Waals surface area contributed by atoms with Crippen molar-refractivity contribution < 1.29 is 18.8 Å². The van der Waals surface area contributed by atoms with Gasteiger partial charge in [-0.25, -0.2) is 9.78 Å². The van der Waals surface area contributed by atoms with Crippen molar-refractivity contribution in [3.8, 4) is 0 Å². The third-order valence-electron chi connectivity index (χ3n) is 4.85. The molecule has 1 aromatic heterocycles. The lowest BCUT2D eigenvalue weighted by Crippen LogP contribution is -2.52. The summed E-state index contributed by atoms with van der Waals surface area (Å²) in [4.78, 5) is 42.2. The van der Waals surface area contributed by atoms with Gasteiger partial charge in [0.15, 0.2) is 0 Å². The minimum Gasteiger partial charge on any atom is -0.444 e. The van der Waals surface area contributed by atoms with Crippen LogP contribution in [0.3, 0.4) is 0 Å². The van der Waals surface area contributed by atoms with Crippen molar-refractivity contribution in [3.63, 3.8) is 0 Å². The summed E-state index contributed by atoms with van der Waals surface area (Å²) in [6, 6.07) is -0.492. The smallest absolute Gasteiger partial charge is 0.325 e. The van der Waals surface area contributed by atoms with Crippen LogP contribution in [-0.4, -0.2) is 39.8 Å². The molecule has 2 heterocycles. The number of imide groups is 1. The Balaban J connectivity index is 1.61. The summed E-state index contributed by atoms with van der Waals surface area (Å²) < 4.78 is 5.27. The minimum absolute atomic E-state index is 0.121. The van der Waals surface area contributed by atoms with Gasteiger partial charge in [0.2, 0.25) is 11.8 Å². The van der Waals surface area contributed by atoms with Gasteiger partial charge in [0.1, 0.15) is 17.8 Å². The summed E-state index contributed by atoms with van der Waals surface area (Å²) in [6.07, 6.45) is 3.85. The van der Waals surface area contributed by atoms with Gasteiger partial charge in [0, 0.05) is 0 Å². The van der Waals surface area contributed by atoms with E-state index < -0.39 is 17.5 Å². The van der Waals surface area contributed by atoms with E-state index in [0.29, 0.717) is 36.3 Å². The third kappa shape index (κ3) is 3.52. The minimum atomic E-state index is -0.853. The molecule has 1 spiro atoms. The van der Waals surface area contributed by atoms with Crippen molar-refractivity contribution in [3.05, 3.63) is 17.8 Å². The van der Waals surface area contributed by atoms with Crippen LogP contribution in [0.2, 0.25) is 0 Å². The number of urea groups is 1. The van der Waals surface area contributed by atoms with E-state index in [1.165, 1.54) is 0 Å². The van der Waals surface area contributed by atoms with Crippen LogP contribution in [0, 0.1) is 18.8 Å². The summed E-state index contributed by atoms with van der Waals surface area (Å²) in [7, 11) is 0. The Morgan fingerprint density at radius 1 is 1.40 bits per heavy atom. The number of carbonyl (C=O) groups excluding carboxylic acids is 3. The molecule has 1 saturated carbocycles. The topological polar surface area (TPSA) is 105 Å². The molecular formula is C17H24N4O4. The predicted molar refractivity (Wildman–Crippen MR) is 88.2 cm³/mol. The molecule has 1 aliphatic heterocycles. The molecule has 2 atom stereocenters. The zero-order valence-corrected chi connectivity index (χ0v) is 14.8. The fourth-order valence-electron chi connectivity index (χ4n) is 4.08. The van der Waals surface area contributed by atoms with Crippen LogP contribution in [0.15, 0.2) is 10.6 Å². The van der Waals surface area contributed by atoms with Crippen LogP contribution in [0.25, 0.3) is 0 Å². The first-order chi connectivity index (χ1) is 11.8. The van der Waals surface area contributed by atoms with E-state index in [0.717, 1.165) is 11.3 Å². The maximum atomic E-state index is 12.8. The molecule has 3 rings (SSSR count). The number of nitrogens with zero attached hydrogens (tertiary/aromatic N) is 2. The molecule has 0 bridgehead atoms. The second kappa shape index (κ2) is 6.50. The van der Waals surface area contributed by atoms with Crippen LogP contribution in [0.5, 0.6) is 0 Å². The molecule has 2 aliphatic rings. The molecule has 25 heavy (non-hydrogen) atoms. The fraction of sp³-hybridized carbons (Fsp3) is 0.647. The second-order valence-electron chi connectivity index (χ2n) is 7.40. The van der Waals surface area contributed by atoms with E-state index in [-0.39, 0.29) is 19.0 Å². The molecule has 2 N–H and O–H groups in total. The van der Waals surface area contributed by atoms with Crippen molar-refractivity contribution in [1.29, 1.82) is 0 Å². The summed E-state index contributed by atoms with van der Waals surface area (Å²) in [5.74, 6) is 1.03. The summed E-state index contributed by atoms with van der Waals surface area (Å²) in [5, 5.41) is 5.46. The largest absolute Gasteiger partial charge is 0.444 e. The van der Waals surface area contributed by atoms with Crippen molar-refractivity contribution >= 4 is 17.8 Å². The Bertz CT molecular complexity index is 689. The van der Waals surface area contributed by atoms with Gasteiger partial charge in [-0.05, 0) is 38.0 Å². The molecule has 4 amide bonds. The van der Waals surface area contributed by atoms with E-state index in [1.807, 2.05) is 0 Å². The summed E-state index contributed by atoms with van der Waals surface area (Å²) in [6.45, 7) is 5.76. The maximum absolute atomic E-state index is 12.8. The fourth-order valence-corrected chi connectivity index (χ4v) is 4.08. The molecular weight excluding hydrogens is 324 g/mol. The SMILES string of the molecule is Cc1cnc(CNC(=O)CN2C(=O)NC3(C[C@@H](C)C[C@H](C)C3)C2=O)o1. The number of aromatic nitrogens is 1. The number of hydrogen-bond donors (Lipinski definition) is 2. The third-order valence-corrected chi connectivity index (χ3v) is 4.85. The van der Waals surface area contributed by atoms with Gasteiger partial charge < -0.3 is 15.1 Å². The Morgan fingerprint density at radius 2 is 2.08 bits per heavy atom. The van der Waals surface area contributed by atoms with Gasteiger partial charge in [-0.2, -0.15) is 0 Å². The van der Waals surface area contributed by atoms with Crippen LogP contribution >= 0.6 is 0 Å². The first-order valence-electron chi connectivity index (χ1n) is 8.61. The van der Waals surface area contributed by atoms with Gasteiger partial charge in [-0.3, -0.25) is 14.5 Å². The number of nitrogens with one attached hydrogen (secondary N) is 2. The molecule has 1 aromatic rings. The number of hydrogen-bond acceptors (Lipinski definition) is 5. The lowest BCUT2D eigenvalue weighted by molar-refractivity contribution is -0.136. The Morgan fingerprint density at radius 3 is 2.68 bits per heavy atom. The van der Waals surface area contributed by atoms with Crippen LogP contribution in [-0.2, 0) is 16.1 Å². The monoisotopic (exact) mass is 348 g/mol. The molecule has 136 valence electrons. The standard InChI is InChI=1S/C17H24N4O4/c1-10-4-11(2)6-17(5-10)15(23)21(16(24)20-17)9-13(22)18-8-14-19-7-12(3)25-14/h7,10-11H,4-6,8-9H2,1-3H3,(H,18,22)(H,20,24)/t10-,11-/m0/s1. The number of aryl methyl sites for hydroxylation is 1. The average molecular weight is 348 g/mol. The van der Waals surface area contributed by atoms with Gasteiger partial charge >= 0.3 is 6.03 Å². The van der Waals surface area contributed by atoms with Crippen LogP contribution in [0.4, 0.5) is 4.79 Å². The quantitative estimate of drug-likeness (QED) is 0.799. The molecule has 1 saturated heterocycles.